The molecule has 0 aromatic heterocycles. The van der Waals surface area contributed by atoms with Crippen LogP contribution in [0.1, 0.15) is 63.9 Å². The summed E-state index contributed by atoms with van der Waals surface area (Å²) in [6.45, 7) is 4.17. The highest BCUT2D eigenvalue weighted by Gasteiger charge is 2.45. The Morgan fingerprint density at radius 3 is 1.60 bits per heavy atom. The van der Waals surface area contributed by atoms with E-state index in [0.717, 1.165) is 17.2 Å². The molecule has 438 valence electrons. The lowest BCUT2D eigenvalue weighted by atomic mass is 9.99. The minimum absolute atomic E-state index is 0.0843. The second-order valence-electron chi connectivity index (χ2n) is 20.6. The lowest BCUT2D eigenvalue weighted by Gasteiger charge is -2.27. The number of fused-ring (bicyclic) bond motifs is 2. The standard InChI is InChI=1S/C30H28ClF3N2O6.C30H28ClF3N2O5/c1-16-9-19(31)4-6-24(16)27(28(37)36-8-7-17-3-5-21(14-26(17)36)42-30(32,33)34)35-20-11-22(40-2)13-23(12-20)41-15-18-10-25(18)29(38)39;1-16-9-18-7-8-36(26(18)14-25(16)30(32,33)34)28(37)27(17-3-5-20(31)6-4-17)35-21-11-22(40-2)13-23(12-21)41-15-19-10-24(19)29(38)39/h3-6,9,11-14,18,25,27,35H,7-8,10,15H2,1-2H3,(H,38,39);3-6,9,11-14,19,24,27,35H,7-8,10,15H2,1-2H3,(H,38,39). The quantitative estimate of drug-likeness (QED) is 0.0562. The maximum atomic E-state index is 14.2. The molecule has 10 rings (SSSR count). The van der Waals surface area contributed by atoms with Gasteiger partial charge in [0.2, 0.25) is 0 Å². The number of hydrogen-bond acceptors (Lipinski definition) is 11. The van der Waals surface area contributed by atoms with E-state index >= 15 is 0 Å². The van der Waals surface area contributed by atoms with Crippen LogP contribution in [0.5, 0.6) is 28.7 Å². The summed E-state index contributed by atoms with van der Waals surface area (Å²) in [5, 5.41) is 25.8. The Hall–Kier alpha value is -8.04. The van der Waals surface area contributed by atoms with Crippen LogP contribution in [0.25, 0.3) is 0 Å². The largest absolute Gasteiger partial charge is 0.573 e. The number of carboxylic acids is 2. The third-order valence-electron chi connectivity index (χ3n) is 14.8. The molecule has 6 unspecified atom stereocenters. The zero-order valence-electron chi connectivity index (χ0n) is 45.0. The van der Waals surface area contributed by atoms with Crippen molar-refractivity contribution in [2.75, 3.05) is 61.0 Å². The first kappa shape index (κ1) is 59.6. The number of benzene rings is 6. The smallest absolute Gasteiger partial charge is 0.497 e. The number of carboxylic acid groups (broad SMARTS) is 2. The molecular formula is C60H56Cl2F6N4O11. The number of carbonyl (C=O) groups excluding carboxylic acids is 2. The number of nitrogens with one attached hydrogen (secondary N) is 2. The summed E-state index contributed by atoms with van der Waals surface area (Å²) < 4.78 is 106. The number of carbonyl (C=O) groups is 4. The van der Waals surface area contributed by atoms with E-state index in [1.807, 2.05) is 6.92 Å². The lowest BCUT2D eigenvalue weighted by Crippen LogP contribution is -2.37. The molecule has 6 aromatic carbocycles. The molecule has 4 aliphatic rings. The number of hydrogen-bond donors (Lipinski definition) is 4. The summed E-state index contributed by atoms with van der Waals surface area (Å²) in [5.41, 5.74) is 4.18. The van der Waals surface area contributed by atoms with Gasteiger partial charge in [0.25, 0.3) is 11.8 Å². The first-order valence-electron chi connectivity index (χ1n) is 26.2. The normalized spacial score (nSPS) is 18.3. The summed E-state index contributed by atoms with van der Waals surface area (Å²) in [7, 11) is 2.96. The van der Waals surface area contributed by atoms with E-state index in [1.54, 1.807) is 78.9 Å². The number of rotatable bonds is 19. The van der Waals surface area contributed by atoms with Gasteiger partial charge in [-0.05, 0) is 109 Å². The van der Waals surface area contributed by atoms with Crippen molar-refractivity contribution in [1.82, 2.24) is 0 Å². The van der Waals surface area contributed by atoms with Gasteiger partial charge in [-0.3, -0.25) is 19.2 Å². The molecule has 2 aliphatic heterocycles. The minimum atomic E-state index is -4.87. The predicted molar refractivity (Wildman–Crippen MR) is 297 cm³/mol. The van der Waals surface area contributed by atoms with Gasteiger partial charge in [-0.15, -0.1) is 13.2 Å². The van der Waals surface area contributed by atoms with E-state index in [1.165, 1.54) is 55.2 Å². The lowest BCUT2D eigenvalue weighted by molar-refractivity contribution is -0.274. The van der Waals surface area contributed by atoms with Gasteiger partial charge in [0.15, 0.2) is 0 Å². The Labute approximate surface area is 482 Å². The van der Waals surface area contributed by atoms with Crippen LogP contribution in [0.2, 0.25) is 10.0 Å². The fourth-order valence-electron chi connectivity index (χ4n) is 10.3. The molecule has 0 radical (unpaired) electrons. The molecule has 2 fully saturated rings. The number of halogens is 8. The summed E-state index contributed by atoms with van der Waals surface area (Å²) in [6.07, 6.45) is -7.43. The third kappa shape index (κ3) is 14.4. The number of nitrogens with zero attached hydrogens (tertiary/aromatic N) is 2. The number of aryl methyl sites for hydroxylation is 2. The van der Waals surface area contributed by atoms with Crippen LogP contribution in [-0.4, -0.2) is 80.9 Å². The molecule has 0 bridgehead atoms. The van der Waals surface area contributed by atoms with E-state index in [-0.39, 0.29) is 49.4 Å². The van der Waals surface area contributed by atoms with Crippen LogP contribution in [0.15, 0.2) is 109 Å². The van der Waals surface area contributed by atoms with Crippen LogP contribution >= 0.6 is 23.2 Å². The average molecular weight is 1190 g/mol. The summed E-state index contributed by atoms with van der Waals surface area (Å²) >= 11 is 12.3. The molecule has 83 heavy (non-hydrogen) atoms. The van der Waals surface area contributed by atoms with Crippen molar-refractivity contribution < 1.29 is 79.4 Å². The van der Waals surface area contributed by atoms with Crippen molar-refractivity contribution >= 4 is 69.7 Å². The van der Waals surface area contributed by atoms with E-state index < -0.39 is 71.5 Å². The van der Waals surface area contributed by atoms with Crippen LogP contribution in [0, 0.1) is 37.5 Å². The fraction of sp³-hybridized carbons (Fsp3) is 0.333. The van der Waals surface area contributed by atoms with Gasteiger partial charge in [0, 0.05) is 94.5 Å². The van der Waals surface area contributed by atoms with Crippen molar-refractivity contribution in [3.05, 3.63) is 158 Å². The average Bonchev–Trinajstić information content (AvgIpc) is 3.79. The molecular weight excluding hydrogens is 1140 g/mol. The van der Waals surface area contributed by atoms with Crippen molar-refractivity contribution in [1.29, 1.82) is 0 Å². The van der Waals surface area contributed by atoms with Crippen LogP contribution in [0.3, 0.4) is 0 Å². The van der Waals surface area contributed by atoms with E-state index in [4.69, 9.17) is 47.3 Å². The van der Waals surface area contributed by atoms with Crippen molar-refractivity contribution in [3.8, 4) is 28.7 Å². The van der Waals surface area contributed by atoms with Gasteiger partial charge in [0.1, 0.15) is 40.8 Å². The Kier molecular flexibility index (Phi) is 17.5. The topological polar surface area (TPSA) is 185 Å². The van der Waals surface area contributed by atoms with E-state index in [9.17, 15) is 50.6 Å². The minimum Gasteiger partial charge on any atom is -0.497 e. The molecule has 15 nitrogen and oxygen atoms in total. The zero-order chi connectivity index (χ0) is 59.7. The Balaban J connectivity index is 0.000000200. The molecule has 2 heterocycles. The van der Waals surface area contributed by atoms with Crippen LogP contribution in [0.4, 0.5) is 49.1 Å². The van der Waals surface area contributed by atoms with E-state index in [0.29, 0.717) is 92.5 Å². The zero-order valence-corrected chi connectivity index (χ0v) is 46.5. The highest BCUT2D eigenvalue weighted by molar-refractivity contribution is 6.31. The highest BCUT2D eigenvalue weighted by Crippen LogP contribution is 2.44. The predicted octanol–water partition coefficient (Wildman–Crippen LogP) is 12.9. The number of methoxy groups -OCH3 is 2. The van der Waals surface area contributed by atoms with Crippen LogP contribution < -0.4 is 44.1 Å². The van der Waals surface area contributed by atoms with Gasteiger partial charge < -0.3 is 54.3 Å². The third-order valence-corrected chi connectivity index (χ3v) is 15.3. The molecule has 6 aromatic rings. The Morgan fingerprint density at radius 2 is 1.10 bits per heavy atom. The van der Waals surface area contributed by atoms with Crippen molar-refractivity contribution in [2.24, 2.45) is 23.7 Å². The van der Waals surface area contributed by atoms with Gasteiger partial charge in [0.05, 0.1) is 50.5 Å². The summed E-state index contributed by atoms with van der Waals surface area (Å²) in [5.74, 6) is -2.23. The monoisotopic (exact) mass is 1190 g/mol. The van der Waals surface area contributed by atoms with Gasteiger partial charge in [-0.1, -0.05) is 53.5 Å². The first-order chi connectivity index (χ1) is 39.4. The summed E-state index contributed by atoms with van der Waals surface area (Å²) in [6, 6.07) is 26.4. The Morgan fingerprint density at radius 1 is 0.590 bits per heavy atom. The second kappa shape index (κ2) is 24.4. The van der Waals surface area contributed by atoms with Gasteiger partial charge in [-0.2, -0.15) is 13.2 Å². The molecule has 2 saturated carbocycles. The molecule has 0 saturated heterocycles. The molecule has 4 N–H and O–H groups in total. The molecule has 2 aliphatic carbocycles. The molecule has 0 spiro atoms. The highest BCUT2D eigenvalue weighted by atomic mass is 35.5. The number of alkyl halides is 6. The SMILES string of the molecule is COc1cc(NC(C(=O)N2CCc3cc(C)c(C(F)(F)F)cc32)c2ccc(Cl)cc2)cc(OCC2CC2C(=O)O)c1.COc1cc(NC(C(=O)N2CCc3ccc(OC(F)(F)F)cc32)c2ccc(Cl)cc2C)cc(OCC2CC2C(=O)O)c1. The maximum Gasteiger partial charge on any atom is 0.573 e. The van der Waals surface area contributed by atoms with Crippen LogP contribution in [-0.2, 0) is 38.2 Å². The van der Waals surface area contributed by atoms with Crippen molar-refractivity contribution in [3.63, 3.8) is 0 Å². The molecule has 6 atom stereocenters. The van der Waals surface area contributed by atoms with Gasteiger partial charge >= 0.3 is 24.5 Å². The number of aliphatic carboxylic acids is 2. The number of ether oxygens (including phenoxy) is 5. The van der Waals surface area contributed by atoms with Gasteiger partial charge in [-0.25, -0.2) is 0 Å². The number of amides is 2. The van der Waals surface area contributed by atoms with Crippen molar-refractivity contribution in [2.45, 2.75) is 64.2 Å². The fourth-order valence-corrected chi connectivity index (χ4v) is 10.6. The van der Waals surface area contributed by atoms with E-state index in [2.05, 4.69) is 15.4 Å². The summed E-state index contributed by atoms with van der Waals surface area (Å²) in [4.78, 5) is 53.4. The molecule has 23 heteroatoms. The number of anilines is 4. The second-order valence-corrected chi connectivity index (χ2v) is 21.5. The first-order valence-corrected chi connectivity index (χ1v) is 27.0. The Bertz CT molecular complexity index is 3440. The maximum absolute atomic E-state index is 14.2. The molecule has 2 amide bonds.